The van der Waals surface area contributed by atoms with Gasteiger partial charge in [0.15, 0.2) is 0 Å². The maximum atomic E-state index is 6.11. The van der Waals surface area contributed by atoms with E-state index >= 15 is 0 Å². The lowest BCUT2D eigenvalue weighted by Crippen LogP contribution is -2.32. The van der Waals surface area contributed by atoms with Crippen LogP contribution in [0.2, 0.25) is 0 Å². The van der Waals surface area contributed by atoms with Crippen LogP contribution in [-0.2, 0) is 17.9 Å². The first-order valence-electron chi connectivity index (χ1n) is 8.33. The first-order valence-corrected chi connectivity index (χ1v) is 10.1. The number of likely N-dealkylation sites (tertiary alicyclic amines) is 1. The molecule has 0 bridgehead atoms. The maximum absolute atomic E-state index is 6.11. The highest BCUT2D eigenvalue weighted by molar-refractivity contribution is 7.09. The molecule has 0 spiro atoms. The molecule has 2 fully saturated rings. The lowest BCUT2D eigenvalue weighted by molar-refractivity contribution is 0.0254. The predicted molar refractivity (Wildman–Crippen MR) is 93.7 cm³/mol. The van der Waals surface area contributed by atoms with Crippen LogP contribution in [0.15, 0.2) is 17.0 Å². The quantitative estimate of drug-likeness (QED) is 0.796. The molecule has 2 aromatic rings. The molecule has 0 N–H and O–H groups in total. The Morgan fingerprint density at radius 1 is 1.43 bits per heavy atom. The fourth-order valence-corrected chi connectivity index (χ4v) is 5.49. The van der Waals surface area contributed by atoms with Crippen LogP contribution in [0.3, 0.4) is 0 Å². The number of ether oxygens (including phenoxy) is 1. The fourth-order valence-electron chi connectivity index (χ4n) is 4.24. The lowest BCUT2D eigenvalue weighted by atomic mass is 9.81. The number of thiazole rings is 2. The largest absolute Gasteiger partial charge is 0.374 e. The van der Waals surface area contributed by atoms with Gasteiger partial charge in [-0.05, 0) is 25.7 Å². The molecule has 1 saturated carbocycles. The summed E-state index contributed by atoms with van der Waals surface area (Å²) in [5.74, 6) is 0.791. The number of nitrogens with zero attached hydrogens (tertiary/aromatic N) is 3. The van der Waals surface area contributed by atoms with Crippen LogP contribution >= 0.6 is 22.7 Å². The van der Waals surface area contributed by atoms with Crippen LogP contribution in [-0.4, -0.2) is 34.6 Å². The van der Waals surface area contributed by atoms with Gasteiger partial charge in [-0.25, -0.2) is 9.97 Å². The van der Waals surface area contributed by atoms with Crippen molar-refractivity contribution >= 4 is 22.7 Å². The van der Waals surface area contributed by atoms with Crippen LogP contribution in [0.5, 0.6) is 0 Å². The highest BCUT2D eigenvalue weighted by atomic mass is 32.1. The second kappa shape index (κ2) is 6.59. The number of fused-ring (bicyclic) bond motifs is 1. The Kier molecular flexibility index (Phi) is 4.50. The van der Waals surface area contributed by atoms with E-state index in [1.807, 2.05) is 13.1 Å². The third-order valence-electron chi connectivity index (χ3n) is 5.26. The zero-order valence-electron chi connectivity index (χ0n) is 13.5. The Morgan fingerprint density at radius 2 is 2.39 bits per heavy atom. The third-order valence-corrected chi connectivity index (χ3v) is 6.85. The molecule has 124 valence electrons. The molecular formula is C17H23N3OS2. The molecule has 23 heavy (non-hydrogen) atoms. The van der Waals surface area contributed by atoms with Crippen LogP contribution in [0.25, 0.3) is 0 Å². The molecule has 0 unspecified atom stereocenters. The molecule has 2 aromatic heterocycles. The number of aromatic nitrogens is 2. The third kappa shape index (κ3) is 3.36. The van der Waals surface area contributed by atoms with Crippen LogP contribution in [0, 0.1) is 18.3 Å². The number of aryl methyl sites for hydroxylation is 1. The van der Waals surface area contributed by atoms with Gasteiger partial charge < -0.3 is 4.74 Å². The van der Waals surface area contributed by atoms with Crippen molar-refractivity contribution in [2.24, 2.45) is 11.3 Å². The average Bonchev–Trinajstić information content (AvgIpc) is 3.25. The van der Waals surface area contributed by atoms with Crippen LogP contribution < -0.4 is 0 Å². The van der Waals surface area contributed by atoms with E-state index in [0.717, 1.165) is 36.3 Å². The highest BCUT2D eigenvalue weighted by Crippen LogP contribution is 2.49. The van der Waals surface area contributed by atoms with Gasteiger partial charge in [0.1, 0.15) is 5.01 Å². The Morgan fingerprint density at radius 3 is 3.17 bits per heavy atom. The van der Waals surface area contributed by atoms with Crippen LogP contribution in [0.1, 0.15) is 35.0 Å². The molecule has 4 nitrogen and oxygen atoms in total. The van der Waals surface area contributed by atoms with E-state index in [2.05, 4.69) is 25.6 Å². The SMILES string of the molecule is Cc1nc(COC[C@@]23CCC[C@@H]2CN(Cc2nccs2)C3)cs1. The molecule has 3 heterocycles. The topological polar surface area (TPSA) is 38.2 Å². The summed E-state index contributed by atoms with van der Waals surface area (Å²) in [7, 11) is 0. The van der Waals surface area contributed by atoms with Crippen molar-refractivity contribution in [2.45, 2.75) is 39.3 Å². The van der Waals surface area contributed by atoms with E-state index in [1.165, 1.54) is 30.8 Å². The summed E-state index contributed by atoms with van der Waals surface area (Å²) in [6, 6.07) is 0. The summed E-state index contributed by atoms with van der Waals surface area (Å²) in [6.07, 6.45) is 5.93. The van der Waals surface area contributed by atoms with Crippen molar-refractivity contribution in [1.29, 1.82) is 0 Å². The van der Waals surface area contributed by atoms with E-state index in [-0.39, 0.29) is 0 Å². The van der Waals surface area contributed by atoms with Crippen molar-refractivity contribution in [3.63, 3.8) is 0 Å². The molecule has 0 amide bonds. The van der Waals surface area contributed by atoms with Crippen molar-refractivity contribution in [3.05, 3.63) is 32.7 Å². The minimum absolute atomic E-state index is 0.363. The molecule has 2 aliphatic rings. The Bertz CT molecular complexity index is 642. The molecule has 1 aliphatic carbocycles. The van der Waals surface area contributed by atoms with Crippen molar-refractivity contribution < 1.29 is 4.74 Å². The lowest BCUT2D eigenvalue weighted by Gasteiger charge is -2.28. The van der Waals surface area contributed by atoms with E-state index in [1.54, 1.807) is 22.7 Å². The maximum Gasteiger partial charge on any atom is 0.107 e. The molecule has 1 aliphatic heterocycles. The summed E-state index contributed by atoms with van der Waals surface area (Å²) in [6.45, 7) is 6.95. The second-order valence-corrected chi connectivity index (χ2v) is 8.94. The van der Waals surface area contributed by atoms with Gasteiger partial charge in [-0.3, -0.25) is 4.90 Å². The number of hydrogen-bond acceptors (Lipinski definition) is 6. The van der Waals surface area contributed by atoms with Crippen LogP contribution in [0.4, 0.5) is 0 Å². The predicted octanol–water partition coefficient (Wildman–Crippen LogP) is 3.73. The first kappa shape index (κ1) is 15.7. The molecule has 2 atom stereocenters. The van der Waals surface area contributed by atoms with Gasteiger partial charge in [-0.2, -0.15) is 0 Å². The molecule has 0 radical (unpaired) electrons. The minimum Gasteiger partial charge on any atom is -0.374 e. The summed E-state index contributed by atoms with van der Waals surface area (Å²) in [4.78, 5) is 11.5. The van der Waals surface area contributed by atoms with Gasteiger partial charge in [0, 0.05) is 35.5 Å². The monoisotopic (exact) mass is 349 g/mol. The van der Waals surface area contributed by atoms with E-state index in [4.69, 9.17) is 4.74 Å². The summed E-state index contributed by atoms with van der Waals surface area (Å²) >= 11 is 3.47. The molecule has 1 saturated heterocycles. The average molecular weight is 350 g/mol. The van der Waals surface area contributed by atoms with E-state index in [9.17, 15) is 0 Å². The van der Waals surface area contributed by atoms with Crippen molar-refractivity contribution in [1.82, 2.24) is 14.9 Å². The summed E-state index contributed by atoms with van der Waals surface area (Å²) in [5.41, 5.74) is 1.44. The highest BCUT2D eigenvalue weighted by Gasteiger charge is 2.49. The summed E-state index contributed by atoms with van der Waals surface area (Å²) < 4.78 is 6.11. The summed E-state index contributed by atoms with van der Waals surface area (Å²) in [5, 5.41) is 6.54. The first-order chi connectivity index (χ1) is 11.2. The Hall–Kier alpha value is -0.820. The molecule has 6 heteroatoms. The van der Waals surface area contributed by atoms with Gasteiger partial charge in [-0.1, -0.05) is 6.42 Å². The second-order valence-electron chi connectivity index (χ2n) is 6.90. The van der Waals surface area contributed by atoms with Gasteiger partial charge in [0.05, 0.1) is 30.5 Å². The standard InChI is InChI=1S/C17H23N3OS2/c1-13-19-15(10-23-13)9-21-12-17-4-2-3-14(17)7-20(11-17)8-16-18-5-6-22-16/h5-6,10,14H,2-4,7-9,11-12H2,1H3/t14-,17+/m1/s1. The fraction of sp³-hybridized carbons (Fsp3) is 0.647. The van der Waals surface area contributed by atoms with Gasteiger partial charge in [0.2, 0.25) is 0 Å². The Balaban J connectivity index is 1.35. The minimum atomic E-state index is 0.363. The number of hydrogen-bond donors (Lipinski definition) is 0. The molecule has 0 aromatic carbocycles. The zero-order chi connectivity index (χ0) is 15.7. The van der Waals surface area contributed by atoms with Gasteiger partial charge >= 0.3 is 0 Å². The zero-order valence-corrected chi connectivity index (χ0v) is 15.2. The smallest absolute Gasteiger partial charge is 0.107 e. The molecular weight excluding hydrogens is 326 g/mol. The number of rotatable bonds is 6. The van der Waals surface area contributed by atoms with Crippen molar-refractivity contribution in [2.75, 3.05) is 19.7 Å². The van der Waals surface area contributed by atoms with Gasteiger partial charge in [0.25, 0.3) is 0 Å². The van der Waals surface area contributed by atoms with E-state index < -0.39 is 0 Å². The molecule has 4 rings (SSSR count). The Labute approximate surface area is 145 Å². The van der Waals surface area contributed by atoms with Crippen molar-refractivity contribution in [3.8, 4) is 0 Å². The van der Waals surface area contributed by atoms with Gasteiger partial charge in [-0.15, -0.1) is 22.7 Å². The van der Waals surface area contributed by atoms with E-state index in [0.29, 0.717) is 12.0 Å². The normalized spacial score (nSPS) is 27.6.